The van der Waals surface area contributed by atoms with E-state index in [-0.39, 0.29) is 36.2 Å². The monoisotopic (exact) mass is 668 g/mol. The Kier molecular flexibility index (Phi) is 10.4. The molecular weight excluding hydrogens is 633 g/mol. The van der Waals surface area contributed by atoms with Crippen molar-refractivity contribution in [1.82, 2.24) is 4.72 Å². The van der Waals surface area contributed by atoms with E-state index in [1.54, 1.807) is 42.5 Å². The number of ether oxygens (including phenoxy) is 2. The SMILES string of the molecule is C[C@H]1[C@@H](CSc2cccc[n+]2[O-])O[C@@H](c2ccc(-c3cccc(CNS(=O)(=O)c4ccccc4)c3)cc2)O[C@H]1c1ccc(CO)cc1. The second kappa shape index (κ2) is 14.8. The van der Waals surface area contributed by atoms with Crippen molar-refractivity contribution in [3.63, 3.8) is 0 Å². The first-order valence-corrected chi connectivity index (χ1v) is 17.8. The highest BCUT2D eigenvalue weighted by molar-refractivity contribution is 7.99. The van der Waals surface area contributed by atoms with Crippen molar-refractivity contribution in [3.05, 3.63) is 155 Å². The van der Waals surface area contributed by atoms with Gasteiger partial charge in [-0.25, -0.2) is 13.1 Å². The molecule has 0 spiro atoms. The summed E-state index contributed by atoms with van der Waals surface area (Å²) in [5, 5.41) is 22.4. The van der Waals surface area contributed by atoms with Crippen LogP contribution in [-0.2, 0) is 32.6 Å². The highest BCUT2D eigenvalue weighted by Gasteiger charge is 2.38. The van der Waals surface area contributed by atoms with Crippen molar-refractivity contribution < 1.29 is 27.7 Å². The molecule has 1 aliphatic rings. The van der Waals surface area contributed by atoms with Gasteiger partial charge in [-0.15, -0.1) is 0 Å². The number of aromatic nitrogens is 1. The van der Waals surface area contributed by atoms with Gasteiger partial charge in [-0.3, -0.25) is 0 Å². The molecule has 10 heteroatoms. The summed E-state index contributed by atoms with van der Waals surface area (Å²) >= 11 is 1.46. The van der Waals surface area contributed by atoms with Crippen LogP contribution in [0.2, 0.25) is 0 Å². The first-order valence-electron chi connectivity index (χ1n) is 15.4. The van der Waals surface area contributed by atoms with E-state index < -0.39 is 16.3 Å². The molecule has 8 nitrogen and oxygen atoms in total. The molecule has 4 atom stereocenters. The first-order chi connectivity index (χ1) is 22.8. The lowest BCUT2D eigenvalue weighted by Gasteiger charge is -2.41. The van der Waals surface area contributed by atoms with Gasteiger partial charge in [-0.1, -0.05) is 104 Å². The molecule has 2 N–H and O–H groups in total. The van der Waals surface area contributed by atoms with Gasteiger partial charge in [-0.2, -0.15) is 4.73 Å². The number of pyridine rings is 1. The van der Waals surface area contributed by atoms with Crippen LogP contribution in [-0.4, -0.2) is 25.4 Å². The molecule has 0 unspecified atom stereocenters. The number of sulfonamides is 1. The minimum Gasteiger partial charge on any atom is -0.618 e. The average molecular weight is 669 g/mol. The molecule has 1 fully saturated rings. The molecule has 5 aromatic rings. The number of nitrogens with zero attached hydrogens (tertiary/aromatic N) is 1. The maximum atomic E-state index is 12.7. The maximum Gasteiger partial charge on any atom is 0.251 e. The molecule has 1 saturated heterocycles. The van der Waals surface area contributed by atoms with Gasteiger partial charge in [0.15, 0.2) is 12.5 Å². The van der Waals surface area contributed by atoms with Gasteiger partial charge in [-0.05, 0) is 52.1 Å². The van der Waals surface area contributed by atoms with E-state index in [0.29, 0.717) is 10.8 Å². The molecule has 0 amide bonds. The quantitative estimate of drug-likeness (QED) is 0.0934. The third kappa shape index (κ3) is 7.93. The van der Waals surface area contributed by atoms with E-state index in [2.05, 4.69) is 11.6 Å². The fourth-order valence-electron chi connectivity index (χ4n) is 5.56. The average Bonchev–Trinajstić information content (AvgIpc) is 3.11. The molecule has 0 aliphatic carbocycles. The van der Waals surface area contributed by atoms with E-state index in [0.717, 1.165) is 38.1 Å². The largest absolute Gasteiger partial charge is 0.618 e. The lowest BCUT2D eigenvalue weighted by molar-refractivity contribution is -0.645. The van der Waals surface area contributed by atoms with E-state index in [1.807, 2.05) is 78.9 Å². The van der Waals surface area contributed by atoms with Crippen LogP contribution >= 0.6 is 11.8 Å². The van der Waals surface area contributed by atoms with Gasteiger partial charge in [0.25, 0.3) is 5.03 Å². The van der Waals surface area contributed by atoms with Crippen LogP contribution in [0.4, 0.5) is 0 Å². The number of thioether (sulfide) groups is 1. The number of hydrogen-bond donors (Lipinski definition) is 2. The summed E-state index contributed by atoms with van der Waals surface area (Å²) in [5.41, 5.74) is 5.45. The number of benzene rings is 4. The Labute approximate surface area is 279 Å². The summed E-state index contributed by atoms with van der Waals surface area (Å²) in [7, 11) is -3.62. The first kappa shape index (κ1) is 32.9. The number of aliphatic hydroxyl groups is 1. The summed E-state index contributed by atoms with van der Waals surface area (Å²) in [4.78, 5) is 0.229. The van der Waals surface area contributed by atoms with Gasteiger partial charge in [0, 0.05) is 35.9 Å². The van der Waals surface area contributed by atoms with Crippen LogP contribution < -0.4 is 9.45 Å². The minimum absolute atomic E-state index is 0.0103. The second-order valence-corrected chi connectivity index (χ2v) is 14.3. The van der Waals surface area contributed by atoms with E-state index in [1.165, 1.54) is 18.0 Å². The fraction of sp³-hybridized carbons (Fsp3) is 0.216. The number of hydrogen-bond acceptors (Lipinski definition) is 7. The van der Waals surface area contributed by atoms with Crippen molar-refractivity contribution in [2.45, 2.75) is 48.5 Å². The Balaban J connectivity index is 1.19. The molecular formula is C37H36N2O6S2. The van der Waals surface area contributed by atoms with Crippen molar-refractivity contribution in [2.75, 3.05) is 5.75 Å². The fourth-order valence-corrected chi connectivity index (χ4v) is 7.68. The van der Waals surface area contributed by atoms with Crippen LogP contribution in [0.5, 0.6) is 0 Å². The topological polar surface area (TPSA) is 112 Å². The summed E-state index contributed by atoms with van der Waals surface area (Å²) in [6, 6.07) is 37.2. The summed E-state index contributed by atoms with van der Waals surface area (Å²) < 4.78 is 42.1. The molecule has 0 saturated carbocycles. The van der Waals surface area contributed by atoms with Crippen molar-refractivity contribution in [2.24, 2.45) is 5.92 Å². The predicted molar refractivity (Wildman–Crippen MR) is 181 cm³/mol. The molecule has 1 aliphatic heterocycles. The molecule has 242 valence electrons. The summed E-state index contributed by atoms with van der Waals surface area (Å²) in [6.07, 6.45) is 0.378. The second-order valence-electron chi connectivity index (χ2n) is 11.5. The van der Waals surface area contributed by atoms with Crippen molar-refractivity contribution in [1.29, 1.82) is 0 Å². The molecule has 2 heterocycles. The number of rotatable bonds is 11. The minimum atomic E-state index is -3.62. The zero-order chi connectivity index (χ0) is 32.8. The van der Waals surface area contributed by atoms with Crippen LogP contribution in [0.3, 0.4) is 0 Å². The van der Waals surface area contributed by atoms with Crippen molar-refractivity contribution in [3.8, 4) is 11.1 Å². The highest BCUT2D eigenvalue weighted by Crippen LogP contribution is 2.43. The van der Waals surface area contributed by atoms with Crippen LogP contribution in [0, 0.1) is 11.1 Å². The molecule has 4 aromatic carbocycles. The van der Waals surface area contributed by atoms with E-state index in [9.17, 15) is 18.7 Å². The van der Waals surface area contributed by atoms with Gasteiger partial charge in [0.2, 0.25) is 10.0 Å². The third-order valence-electron chi connectivity index (χ3n) is 8.27. The standard InChI is InChI=1S/C37H36N2O6S2/c1-26-34(25-46-35-12-5-6-21-39(35)41)44-37(45-36(26)30-15-13-27(24-40)14-16-30)31-19-17-29(18-20-31)32-9-7-8-28(22-32)23-38-47(42,43)33-10-3-2-4-11-33/h2-22,26,34,36-38,40H,23-25H2,1H3/t26-,34+,36+,37+/m0/s1. The zero-order valence-electron chi connectivity index (χ0n) is 25.8. The number of aliphatic hydroxyl groups excluding tert-OH is 1. The lowest BCUT2D eigenvalue weighted by atomic mass is 9.91. The highest BCUT2D eigenvalue weighted by atomic mass is 32.2. The molecule has 1 aromatic heterocycles. The summed E-state index contributed by atoms with van der Waals surface area (Å²) in [6.45, 7) is 2.23. The third-order valence-corrected chi connectivity index (χ3v) is 10.8. The van der Waals surface area contributed by atoms with Gasteiger partial charge in [0.05, 0.1) is 23.7 Å². The predicted octanol–water partition coefficient (Wildman–Crippen LogP) is 6.54. The molecule has 47 heavy (non-hydrogen) atoms. The van der Waals surface area contributed by atoms with E-state index in [4.69, 9.17) is 9.47 Å². The van der Waals surface area contributed by atoms with Gasteiger partial charge < -0.3 is 19.8 Å². The normalized spacial score (nSPS) is 19.8. The molecule has 6 rings (SSSR count). The van der Waals surface area contributed by atoms with Gasteiger partial charge in [0.1, 0.15) is 0 Å². The number of nitrogens with one attached hydrogen (secondary N) is 1. The van der Waals surface area contributed by atoms with E-state index >= 15 is 0 Å². The van der Waals surface area contributed by atoms with Crippen LogP contribution in [0.15, 0.2) is 137 Å². The smallest absolute Gasteiger partial charge is 0.251 e. The Hall–Kier alpha value is -4.03. The Bertz CT molecular complexity index is 1890. The Morgan fingerprint density at radius 3 is 2.26 bits per heavy atom. The zero-order valence-corrected chi connectivity index (χ0v) is 27.4. The summed E-state index contributed by atoms with van der Waals surface area (Å²) in [5.74, 6) is 0.557. The van der Waals surface area contributed by atoms with Crippen LogP contribution in [0.1, 0.15) is 41.6 Å². The lowest BCUT2D eigenvalue weighted by Crippen LogP contribution is -2.39. The van der Waals surface area contributed by atoms with Gasteiger partial charge >= 0.3 is 0 Å². The van der Waals surface area contributed by atoms with Crippen LogP contribution in [0.25, 0.3) is 11.1 Å². The maximum absolute atomic E-state index is 12.7. The van der Waals surface area contributed by atoms with Crippen molar-refractivity contribution >= 4 is 21.8 Å². The Morgan fingerprint density at radius 1 is 0.809 bits per heavy atom. The molecule has 0 radical (unpaired) electrons. The molecule has 0 bridgehead atoms. The Morgan fingerprint density at radius 2 is 1.53 bits per heavy atom.